The summed E-state index contributed by atoms with van der Waals surface area (Å²) >= 11 is 9.51. The number of aromatic nitrogens is 8. The van der Waals surface area contributed by atoms with Crippen LogP contribution in [-0.2, 0) is 48.7 Å². The molecule has 4 aromatic heterocycles. The molecule has 25 heteroatoms. The van der Waals surface area contributed by atoms with Crippen molar-refractivity contribution in [2.75, 3.05) is 31.3 Å². The molecule has 46 heavy (non-hydrogen) atoms. The van der Waals surface area contributed by atoms with Gasteiger partial charge in [-0.1, -0.05) is 12.2 Å². The third kappa shape index (κ3) is 4.89. The highest BCUT2D eigenvalue weighted by molar-refractivity contribution is 8.44. The summed E-state index contributed by atoms with van der Waals surface area (Å²) in [6, 6.07) is 0. The average Bonchev–Trinajstić information content (AvgIpc) is 3.80. The van der Waals surface area contributed by atoms with Crippen molar-refractivity contribution in [3.8, 4) is 0 Å². The van der Waals surface area contributed by atoms with Crippen molar-refractivity contribution in [2.24, 2.45) is 0 Å². The zero-order valence-electron chi connectivity index (χ0n) is 23.0. The normalized spacial score (nSPS) is 39.7. The zero-order chi connectivity index (χ0) is 32.2. The Morgan fingerprint density at radius 3 is 2.61 bits per heavy atom. The summed E-state index contributed by atoms with van der Waals surface area (Å²) in [6.07, 6.45) is -4.49. The van der Waals surface area contributed by atoms with E-state index >= 15 is 0 Å². The Labute approximate surface area is 266 Å². The third-order valence-corrected chi connectivity index (χ3v) is 11.2. The van der Waals surface area contributed by atoms with Crippen molar-refractivity contribution in [3.05, 3.63) is 29.3 Å². The third-order valence-electron chi connectivity index (χ3n) is 8.04. The molecule has 21 nitrogen and oxygen atoms in total. The van der Waals surface area contributed by atoms with Gasteiger partial charge in [0, 0.05) is 0 Å². The number of rotatable bonds is 2. The van der Waals surface area contributed by atoms with E-state index in [4.69, 9.17) is 55.6 Å². The predicted octanol–water partition coefficient (Wildman–Crippen LogP) is -0.880. The monoisotopic (exact) mass is 718 g/mol. The SMILES string of the molecule is Nc1nc2c(ncn2[C@@H]2OC3COP(O)(=S)O[C@H]4[C@H]5OC[C@]4(COP(=O)(S)O[C@H]3[C@H]2O)O[C@H]5n2cnc3c(N)ncnc32)c(=O)[nH]1. The summed E-state index contributed by atoms with van der Waals surface area (Å²) < 4.78 is 57.9. The van der Waals surface area contributed by atoms with E-state index in [1.165, 1.54) is 23.5 Å². The van der Waals surface area contributed by atoms with E-state index in [9.17, 15) is 19.4 Å². The van der Waals surface area contributed by atoms with Crippen molar-refractivity contribution >= 4 is 71.7 Å². The number of fused-ring (bicyclic) bond motifs is 3. The van der Waals surface area contributed by atoms with Gasteiger partial charge in [-0.2, -0.15) is 4.98 Å². The summed E-state index contributed by atoms with van der Waals surface area (Å²) in [4.78, 5) is 46.4. The first-order valence-corrected chi connectivity index (χ1v) is 18.7. The maximum atomic E-state index is 13.6. The Balaban J connectivity index is 1.10. The fourth-order valence-electron chi connectivity index (χ4n) is 5.99. The van der Waals surface area contributed by atoms with Crippen LogP contribution in [0.5, 0.6) is 0 Å². The number of nitrogens with two attached hydrogens (primary N) is 2. The minimum atomic E-state index is -4.30. The quantitative estimate of drug-likeness (QED) is 0.108. The lowest BCUT2D eigenvalue weighted by Crippen LogP contribution is -2.46. The lowest BCUT2D eigenvalue weighted by atomic mass is 10.0. The lowest BCUT2D eigenvalue weighted by Gasteiger charge is -2.34. The van der Waals surface area contributed by atoms with Gasteiger partial charge in [-0.15, -0.1) is 0 Å². The molecule has 0 spiro atoms. The molecule has 10 atom stereocenters. The smallest absolute Gasteiger partial charge is 0.386 e. The molecule has 7 N–H and O–H groups in total. The van der Waals surface area contributed by atoms with Crippen LogP contribution in [-0.4, -0.2) is 105 Å². The van der Waals surface area contributed by atoms with Crippen LogP contribution in [0.15, 0.2) is 23.8 Å². The van der Waals surface area contributed by atoms with Gasteiger partial charge in [-0.25, -0.2) is 24.5 Å². The highest BCUT2D eigenvalue weighted by Gasteiger charge is 2.65. The largest absolute Gasteiger partial charge is 0.386 e. The van der Waals surface area contributed by atoms with Crippen molar-refractivity contribution < 1.29 is 46.9 Å². The summed E-state index contributed by atoms with van der Waals surface area (Å²) in [6.45, 7) is -9.48. The van der Waals surface area contributed by atoms with Gasteiger partial charge in [0.05, 0.1) is 32.5 Å². The van der Waals surface area contributed by atoms with E-state index in [1.54, 1.807) is 4.57 Å². The molecule has 4 aliphatic heterocycles. The first-order valence-electron chi connectivity index (χ1n) is 13.4. The van der Waals surface area contributed by atoms with Crippen LogP contribution in [0.1, 0.15) is 12.5 Å². The van der Waals surface area contributed by atoms with Crippen LogP contribution in [0, 0.1) is 0 Å². The molecule has 4 aliphatic rings. The van der Waals surface area contributed by atoms with Crippen molar-refractivity contribution in [1.82, 2.24) is 39.0 Å². The molecule has 4 aromatic rings. The van der Waals surface area contributed by atoms with Crippen LogP contribution < -0.4 is 17.0 Å². The number of hydrogen-bond acceptors (Lipinski definition) is 18. The molecule has 0 aliphatic carbocycles. The van der Waals surface area contributed by atoms with E-state index in [0.717, 1.165) is 0 Å². The van der Waals surface area contributed by atoms with Gasteiger partial charge < -0.3 is 40.2 Å². The molecule has 2 bridgehead atoms. The Morgan fingerprint density at radius 1 is 1.04 bits per heavy atom. The number of aliphatic hydroxyl groups is 1. The van der Waals surface area contributed by atoms with Gasteiger partial charge in [0.25, 0.3) is 5.56 Å². The average molecular weight is 719 g/mol. The second-order valence-electron chi connectivity index (χ2n) is 10.9. The van der Waals surface area contributed by atoms with E-state index in [1.807, 2.05) is 0 Å². The zero-order valence-corrected chi connectivity index (χ0v) is 26.5. The fourth-order valence-corrected chi connectivity index (χ4v) is 8.96. The molecular formula is C21H24N10O11P2S2. The first-order chi connectivity index (χ1) is 21.8. The van der Waals surface area contributed by atoms with Gasteiger partial charge in [-0.3, -0.25) is 32.5 Å². The molecule has 0 amide bonds. The Kier molecular flexibility index (Phi) is 7.13. The number of imidazole rings is 2. The number of aliphatic hydroxyl groups excluding tert-OH is 1. The Bertz CT molecular complexity index is 2030. The second kappa shape index (κ2) is 10.7. The number of nitrogens with zero attached hydrogens (tertiary/aromatic N) is 7. The number of nitrogens with one attached hydrogen (secondary N) is 1. The van der Waals surface area contributed by atoms with Crippen LogP contribution in [0.4, 0.5) is 11.8 Å². The van der Waals surface area contributed by atoms with Gasteiger partial charge in [-0.05, 0) is 11.8 Å². The topological polar surface area (TPSA) is 281 Å². The molecule has 4 fully saturated rings. The summed E-state index contributed by atoms with van der Waals surface area (Å²) in [5.74, 6) is -0.0487. The predicted molar refractivity (Wildman–Crippen MR) is 160 cm³/mol. The fraction of sp³-hybridized carbons (Fsp3) is 0.524. The number of hydrogen-bond donors (Lipinski definition) is 6. The van der Waals surface area contributed by atoms with Gasteiger partial charge in [0.15, 0.2) is 35.1 Å². The van der Waals surface area contributed by atoms with Crippen LogP contribution >= 0.6 is 25.8 Å². The highest BCUT2D eigenvalue weighted by Crippen LogP contribution is 2.61. The van der Waals surface area contributed by atoms with E-state index in [2.05, 4.69) is 42.2 Å². The van der Waals surface area contributed by atoms with Crippen molar-refractivity contribution in [3.63, 3.8) is 0 Å². The Morgan fingerprint density at radius 2 is 1.80 bits per heavy atom. The molecule has 8 rings (SSSR count). The molecular weight excluding hydrogens is 694 g/mol. The van der Waals surface area contributed by atoms with E-state index in [0.29, 0.717) is 11.2 Å². The van der Waals surface area contributed by atoms with Crippen LogP contribution in [0.25, 0.3) is 22.3 Å². The first kappa shape index (κ1) is 30.7. The van der Waals surface area contributed by atoms with E-state index < -0.39 is 80.9 Å². The molecule has 4 saturated heterocycles. The Hall–Kier alpha value is -2.63. The number of H-pyrrole nitrogens is 1. The van der Waals surface area contributed by atoms with Crippen molar-refractivity contribution in [1.29, 1.82) is 0 Å². The summed E-state index contributed by atoms with van der Waals surface area (Å²) in [5, 5.41) is 11.3. The molecule has 0 aromatic carbocycles. The molecule has 3 unspecified atom stereocenters. The van der Waals surface area contributed by atoms with Crippen LogP contribution in [0.3, 0.4) is 0 Å². The standard InChI is InChI=1S/C21H24N10O11P2S2/c22-14-8-15(25-4-24-14)30(5-26-8)19-12-13-21(40-19,2-36-12)3-38-44(35,46)41-11-7(1-37-43(34,45)42-13)39-18(10(11)32)31-6-27-9-16(31)28-20(23)29-17(9)33/h4-7,10-13,18-19,32H,1-3H2,(H,34,45)(H,35,46)(H2,22,24,25)(H3,23,28,29,33)/t7?,10-,11-,12-,13+,18-,19-,21-,43?,44?/m1/s1. The maximum Gasteiger partial charge on any atom is 0.386 e. The number of nitrogen functional groups attached to an aromatic ring is 2. The van der Waals surface area contributed by atoms with Gasteiger partial charge in [0.1, 0.15) is 48.0 Å². The van der Waals surface area contributed by atoms with Gasteiger partial charge in [0.2, 0.25) is 5.95 Å². The number of anilines is 2. The number of ether oxygens (including phenoxy) is 3. The minimum Gasteiger partial charge on any atom is -0.386 e. The maximum absolute atomic E-state index is 13.6. The van der Waals surface area contributed by atoms with E-state index in [-0.39, 0.29) is 29.5 Å². The second-order valence-corrected chi connectivity index (χ2v) is 16.5. The summed E-state index contributed by atoms with van der Waals surface area (Å²) in [5.41, 5.74) is 10.1. The molecule has 246 valence electrons. The molecule has 8 heterocycles. The minimum absolute atomic E-state index is 0.000998. The molecule has 0 saturated carbocycles. The number of aromatic amines is 1. The highest BCUT2D eigenvalue weighted by atomic mass is 32.7. The van der Waals surface area contributed by atoms with Crippen molar-refractivity contribution in [2.45, 2.75) is 48.6 Å². The van der Waals surface area contributed by atoms with Crippen LogP contribution in [0.2, 0.25) is 0 Å². The summed E-state index contributed by atoms with van der Waals surface area (Å²) in [7, 11) is 0. The lowest BCUT2D eigenvalue weighted by molar-refractivity contribution is -0.183. The molecule has 0 radical (unpaired) electrons. The van der Waals surface area contributed by atoms with Gasteiger partial charge >= 0.3 is 13.5 Å². The number of thiol groups is 1.